The summed E-state index contributed by atoms with van der Waals surface area (Å²) < 4.78 is 1.57. The Bertz CT molecular complexity index is 332. The van der Waals surface area contributed by atoms with Crippen LogP contribution in [0.3, 0.4) is 0 Å². The average molecular weight is 198 g/mol. The number of nitrogens with one attached hydrogen (secondary N) is 1. The van der Waals surface area contributed by atoms with Crippen molar-refractivity contribution in [1.82, 2.24) is 20.3 Å². The van der Waals surface area contributed by atoms with Crippen molar-refractivity contribution in [2.45, 2.75) is 25.9 Å². The third-order valence-electron chi connectivity index (χ3n) is 1.90. The third kappa shape index (κ3) is 2.53. The second-order valence-electron chi connectivity index (χ2n) is 3.67. The van der Waals surface area contributed by atoms with Crippen molar-refractivity contribution in [3.63, 3.8) is 0 Å². The van der Waals surface area contributed by atoms with Crippen molar-refractivity contribution in [2.75, 3.05) is 0 Å². The molecule has 0 bridgehead atoms. The van der Waals surface area contributed by atoms with Crippen LogP contribution in [0.5, 0.6) is 0 Å². The van der Waals surface area contributed by atoms with Gasteiger partial charge in [0, 0.05) is 19.8 Å². The van der Waals surface area contributed by atoms with E-state index in [0.29, 0.717) is 6.54 Å². The Balaban J connectivity index is 2.52. The summed E-state index contributed by atoms with van der Waals surface area (Å²) in [7, 11) is 1.76. The number of aliphatic carboxylic acids is 1. The van der Waals surface area contributed by atoms with Gasteiger partial charge in [0.1, 0.15) is 5.54 Å². The molecule has 0 radical (unpaired) electrons. The molecule has 0 aliphatic rings. The van der Waals surface area contributed by atoms with E-state index in [0.717, 1.165) is 5.69 Å². The summed E-state index contributed by atoms with van der Waals surface area (Å²) in [6, 6.07) is 0. The lowest BCUT2D eigenvalue weighted by atomic mass is 10.1. The first kappa shape index (κ1) is 10.6. The lowest BCUT2D eigenvalue weighted by Gasteiger charge is -2.19. The van der Waals surface area contributed by atoms with Gasteiger partial charge in [-0.1, -0.05) is 5.21 Å². The van der Waals surface area contributed by atoms with E-state index in [9.17, 15) is 4.79 Å². The molecule has 0 aliphatic heterocycles. The number of aromatic nitrogens is 3. The molecule has 6 nitrogen and oxygen atoms in total. The Morgan fingerprint density at radius 1 is 1.71 bits per heavy atom. The van der Waals surface area contributed by atoms with E-state index >= 15 is 0 Å². The number of carbonyl (C=O) groups is 1. The first-order chi connectivity index (χ1) is 6.42. The lowest BCUT2D eigenvalue weighted by molar-refractivity contribution is -0.143. The van der Waals surface area contributed by atoms with Crippen LogP contribution >= 0.6 is 0 Å². The van der Waals surface area contributed by atoms with Crippen molar-refractivity contribution in [1.29, 1.82) is 0 Å². The van der Waals surface area contributed by atoms with Gasteiger partial charge in [-0.3, -0.25) is 14.8 Å². The highest BCUT2D eigenvalue weighted by Crippen LogP contribution is 2.03. The predicted molar refractivity (Wildman–Crippen MR) is 49.6 cm³/mol. The summed E-state index contributed by atoms with van der Waals surface area (Å²) in [5.41, 5.74) is -0.223. The topological polar surface area (TPSA) is 80.0 Å². The summed E-state index contributed by atoms with van der Waals surface area (Å²) in [6.45, 7) is 3.60. The van der Waals surface area contributed by atoms with Crippen LogP contribution in [0.25, 0.3) is 0 Å². The van der Waals surface area contributed by atoms with Crippen molar-refractivity contribution in [3.05, 3.63) is 11.9 Å². The Labute approximate surface area is 81.9 Å². The molecule has 0 unspecified atom stereocenters. The molecule has 14 heavy (non-hydrogen) atoms. The minimum absolute atomic E-state index is 0.396. The van der Waals surface area contributed by atoms with Gasteiger partial charge in [-0.2, -0.15) is 0 Å². The molecule has 1 heterocycles. The van der Waals surface area contributed by atoms with Crippen molar-refractivity contribution >= 4 is 5.97 Å². The zero-order valence-electron chi connectivity index (χ0n) is 8.48. The molecule has 2 N–H and O–H groups in total. The molecule has 0 saturated carbocycles. The minimum Gasteiger partial charge on any atom is -0.480 e. The van der Waals surface area contributed by atoms with Gasteiger partial charge >= 0.3 is 5.97 Å². The van der Waals surface area contributed by atoms with E-state index in [1.54, 1.807) is 31.8 Å². The molecule has 0 fully saturated rings. The first-order valence-electron chi connectivity index (χ1n) is 4.25. The Kier molecular flexibility index (Phi) is 2.85. The number of hydrogen-bond donors (Lipinski definition) is 2. The number of carboxylic acid groups (broad SMARTS) is 1. The number of rotatable bonds is 4. The summed E-state index contributed by atoms with van der Waals surface area (Å²) in [6.07, 6.45) is 1.74. The van der Waals surface area contributed by atoms with E-state index in [1.165, 1.54) is 0 Å². The van der Waals surface area contributed by atoms with Crippen LogP contribution in [0.4, 0.5) is 0 Å². The molecule has 0 spiro atoms. The fourth-order valence-electron chi connectivity index (χ4n) is 0.863. The van der Waals surface area contributed by atoms with E-state index in [4.69, 9.17) is 5.11 Å². The molecule has 0 saturated heterocycles. The van der Waals surface area contributed by atoms with E-state index < -0.39 is 11.5 Å². The van der Waals surface area contributed by atoms with Crippen LogP contribution < -0.4 is 5.32 Å². The zero-order valence-corrected chi connectivity index (χ0v) is 8.48. The van der Waals surface area contributed by atoms with Gasteiger partial charge in [0.05, 0.1) is 5.69 Å². The monoisotopic (exact) mass is 198 g/mol. The second-order valence-corrected chi connectivity index (χ2v) is 3.67. The highest BCUT2D eigenvalue weighted by Gasteiger charge is 2.26. The van der Waals surface area contributed by atoms with Crippen LogP contribution in [0.15, 0.2) is 6.20 Å². The fourth-order valence-corrected chi connectivity index (χ4v) is 0.863. The number of aryl methyl sites for hydroxylation is 1. The minimum atomic E-state index is -0.947. The summed E-state index contributed by atoms with van der Waals surface area (Å²) in [5, 5.41) is 19.3. The molecule has 78 valence electrons. The van der Waals surface area contributed by atoms with Crippen LogP contribution in [0, 0.1) is 0 Å². The molecule has 0 atom stereocenters. The molecule has 1 aromatic heterocycles. The largest absolute Gasteiger partial charge is 0.480 e. The highest BCUT2D eigenvalue weighted by molar-refractivity contribution is 5.77. The Hall–Kier alpha value is -1.43. The number of nitrogens with zero attached hydrogens (tertiary/aromatic N) is 3. The molecule has 0 aliphatic carbocycles. The molecule has 6 heteroatoms. The van der Waals surface area contributed by atoms with E-state index in [2.05, 4.69) is 15.6 Å². The van der Waals surface area contributed by atoms with Gasteiger partial charge < -0.3 is 5.11 Å². The smallest absolute Gasteiger partial charge is 0.323 e. The Morgan fingerprint density at radius 2 is 2.36 bits per heavy atom. The van der Waals surface area contributed by atoms with E-state index in [1.807, 2.05) is 0 Å². The van der Waals surface area contributed by atoms with E-state index in [-0.39, 0.29) is 0 Å². The normalized spacial score (nSPS) is 11.6. The summed E-state index contributed by atoms with van der Waals surface area (Å²) in [5.74, 6) is -0.888. The Morgan fingerprint density at radius 3 is 2.79 bits per heavy atom. The standard InChI is InChI=1S/C8H14N4O2/c1-8(2,7(13)14)9-4-6-5-12(3)11-10-6/h5,9H,4H2,1-3H3,(H,13,14). The molecular formula is C8H14N4O2. The molecular weight excluding hydrogens is 184 g/mol. The maximum Gasteiger partial charge on any atom is 0.323 e. The molecule has 0 aromatic carbocycles. The van der Waals surface area contributed by atoms with Gasteiger partial charge in [0.15, 0.2) is 0 Å². The van der Waals surface area contributed by atoms with Gasteiger partial charge in [-0.15, -0.1) is 5.10 Å². The third-order valence-corrected chi connectivity index (χ3v) is 1.90. The van der Waals surface area contributed by atoms with Crippen LogP contribution in [0.2, 0.25) is 0 Å². The maximum absolute atomic E-state index is 10.7. The van der Waals surface area contributed by atoms with Crippen LogP contribution in [-0.2, 0) is 18.4 Å². The fraction of sp³-hybridized carbons (Fsp3) is 0.625. The predicted octanol–water partition coefficient (Wildman–Crippen LogP) is -0.232. The van der Waals surface area contributed by atoms with Crippen LogP contribution in [-0.4, -0.2) is 31.6 Å². The van der Waals surface area contributed by atoms with Gasteiger partial charge in [0.25, 0.3) is 0 Å². The number of carboxylic acids is 1. The average Bonchev–Trinajstić information content (AvgIpc) is 2.48. The number of hydrogen-bond acceptors (Lipinski definition) is 4. The van der Waals surface area contributed by atoms with Gasteiger partial charge in [-0.25, -0.2) is 0 Å². The quantitative estimate of drug-likeness (QED) is 0.698. The van der Waals surface area contributed by atoms with Crippen molar-refractivity contribution < 1.29 is 9.90 Å². The first-order valence-corrected chi connectivity index (χ1v) is 4.25. The molecule has 1 rings (SSSR count). The van der Waals surface area contributed by atoms with Crippen molar-refractivity contribution in [2.24, 2.45) is 7.05 Å². The zero-order chi connectivity index (χ0) is 10.8. The van der Waals surface area contributed by atoms with Crippen molar-refractivity contribution in [3.8, 4) is 0 Å². The summed E-state index contributed by atoms with van der Waals surface area (Å²) in [4.78, 5) is 10.7. The highest BCUT2D eigenvalue weighted by atomic mass is 16.4. The maximum atomic E-state index is 10.7. The van der Waals surface area contributed by atoms with Crippen LogP contribution in [0.1, 0.15) is 19.5 Å². The SMILES string of the molecule is Cn1cc(CNC(C)(C)C(=O)O)nn1. The molecule has 1 aromatic rings. The second kappa shape index (κ2) is 3.75. The lowest BCUT2D eigenvalue weighted by Crippen LogP contribution is -2.46. The van der Waals surface area contributed by atoms with Gasteiger partial charge in [0.2, 0.25) is 0 Å². The van der Waals surface area contributed by atoms with Gasteiger partial charge in [-0.05, 0) is 13.8 Å². The summed E-state index contributed by atoms with van der Waals surface area (Å²) >= 11 is 0. The molecule has 0 amide bonds.